The van der Waals surface area contributed by atoms with E-state index in [0.717, 1.165) is 19.4 Å². The molecule has 0 aromatic carbocycles. The zero-order valence-corrected chi connectivity index (χ0v) is 9.76. The summed E-state index contributed by atoms with van der Waals surface area (Å²) in [5, 5.41) is 0. The van der Waals surface area contributed by atoms with Gasteiger partial charge in [-0.1, -0.05) is 0 Å². The fraction of sp³-hybridized carbons (Fsp3) is 0.385. The van der Waals surface area contributed by atoms with Crippen molar-refractivity contribution in [2.24, 2.45) is 0 Å². The summed E-state index contributed by atoms with van der Waals surface area (Å²) >= 11 is 0. The number of rotatable bonds is 2. The smallest absolute Gasteiger partial charge is 0.123 e. The minimum Gasteiger partial charge on any atom is -0.384 e. The number of nitrogens with two attached hydrogens (primary N) is 1. The normalized spacial score (nSPS) is 14.6. The van der Waals surface area contributed by atoms with E-state index < -0.39 is 0 Å². The molecule has 2 aromatic heterocycles. The third kappa shape index (κ3) is 2.02. The Morgan fingerprint density at radius 3 is 3.00 bits per heavy atom. The predicted octanol–water partition coefficient (Wildman–Crippen LogP) is 1.79. The summed E-state index contributed by atoms with van der Waals surface area (Å²) in [6.45, 7) is 0.842. The molecule has 0 fully saturated rings. The van der Waals surface area contributed by atoms with Gasteiger partial charge in [0.05, 0.1) is 12.0 Å². The molecule has 3 rings (SSSR count). The maximum absolute atomic E-state index is 5.69. The maximum Gasteiger partial charge on any atom is 0.123 e. The maximum atomic E-state index is 5.69. The van der Waals surface area contributed by atoms with E-state index in [0.29, 0.717) is 5.82 Å². The van der Waals surface area contributed by atoms with Crippen molar-refractivity contribution in [2.75, 3.05) is 5.73 Å². The fourth-order valence-corrected chi connectivity index (χ4v) is 2.46. The Morgan fingerprint density at radius 1 is 1.24 bits per heavy atom. The second-order valence-corrected chi connectivity index (χ2v) is 4.56. The number of aromatic nitrogens is 3. The zero-order chi connectivity index (χ0) is 11.7. The summed E-state index contributed by atoms with van der Waals surface area (Å²) in [6, 6.07) is 3.93. The minimum absolute atomic E-state index is 0.580. The Morgan fingerprint density at radius 2 is 2.12 bits per heavy atom. The second-order valence-electron chi connectivity index (χ2n) is 4.56. The molecule has 2 N–H and O–H groups in total. The third-order valence-corrected chi connectivity index (χ3v) is 3.31. The zero-order valence-electron chi connectivity index (χ0n) is 9.76. The third-order valence-electron chi connectivity index (χ3n) is 3.31. The van der Waals surface area contributed by atoms with Crippen LogP contribution in [0.4, 0.5) is 5.82 Å². The number of anilines is 1. The molecule has 2 heterocycles. The van der Waals surface area contributed by atoms with Crippen LogP contribution in [0.5, 0.6) is 0 Å². The molecule has 0 amide bonds. The van der Waals surface area contributed by atoms with E-state index in [4.69, 9.17) is 5.73 Å². The van der Waals surface area contributed by atoms with Gasteiger partial charge >= 0.3 is 0 Å². The van der Waals surface area contributed by atoms with Crippen molar-refractivity contribution < 1.29 is 0 Å². The molecule has 4 nitrogen and oxygen atoms in total. The molecule has 0 saturated carbocycles. The summed E-state index contributed by atoms with van der Waals surface area (Å²) in [7, 11) is 0. The Bertz CT molecular complexity index is 530. The summed E-state index contributed by atoms with van der Waals surface area (Å²) < 4.78 is 2.24. The van der Waals surface area contributed by atoms with Crippen LogP contribution in [0.25, 0.3) is 0 Å². The standard InChI is InChI=1S/C13H16N4/c14-13-7-10(5-6-15-13)8-17-9-16-11-3-1-2-4-12(11)17/h5-7,9H,1-4,8H2,(H2,14,15). The molecule has 2 aromatic rings. The van der Waals surface area contributed by atoms with Crippen molar-refractivity contribution in [3.8, 4) is 0 Å². The molecule has 88 valence electrons. The largest absolute Gasteiger partial charge is 0.384 e. The van der Waals surface area contributed by atoms with E-state index in [1.165, 1.54) is 29.8 Å². The molecule has 0 bridgehead atoms. The van der Waals surface area contributed by atoms with Crippen LogP contribution in [-0.4, -0.2) is 14.5 Å². The van der Waals surface area contributed by atoms with E-state index in [9.17, 15) is 0 Å². The van der Waals surface area contributed by atoms with Crippen molar-refractivity contribution in [1.82, 2.24) is 14.5 Å². The highest BCUT2D eigenvalue weighted by molar-refractivity contribution is 5.32. The lowest BCUT2D eigenvalue weighted by Crippen LogP contribution is -2.09. The van der Waals surface area contributed by atoms with Crippen LogP contribution < -0.4 is 5.73 Å². The lowest BCUT2D eigenvalue weighted by Gasteiger charge is -2.14. The summed E-state index contributed by atoms with van der Waals surface area (Å²) in [6.07, 6.45) is 8.53. The van der Waals surface area contributed by atoms with Gasteiger partial charge in [-0.15, -0.1) is 0 Å². The van der Waals surface area contributed by atoms with Gasteiger partial charge in [-0.05, 0) is 43.4 Å². The van der Waals surface area contributed by atoms with E-state index in [-0.39, 0.29) is 0 Å². The number of nitrogens with zero attached hydrogens (tertiary/aromatic N) is 3. The Balaban J connectivity index is 1.88. The van der Waals surface area contributed by atoms with Crippen LogP contribution in [0.3, 0.4) is 0 Å². The van der Waals surface area contributed by atoms with Crippen LogP contribution in [0.15, 0.2) is 24.7 Å². The number of fused-ring (bicyclic) bond motifs is 1. The molecule has 0 atom stereocenters. The molecule has 17 heavy (non-hydrogen) atoms. The highest BCUT2D eigenvalue weighted by Crippen LogP contribution is 2.20. The summed E-state index contributed by atoms with van der Waals surface area (Å²) in [5.41, 5.74) is 9.54. The first-order valence-corrected chi connectivity index (χ1v) is 6.06. The van der Waals surface area contributed by atoms with Crippen LogP contribution in [-0.2, 0) is 19.4 Å². The Hall–Kier alpha value is -1.84. The van der Waals surface area contributed by atoms with E-state index in [1.807, 2.05) is 18.5 Å². The number of pyridine rings is 1. The number of hydrogen-bond acceptors (Lipinski definition) is 3. The molecule has 0 spiro atoms. The van der Waals surface area contributed by atoms with Crippen molar-refractivity contribution >= 4 is 5.82 Å². The topological polar surface area (TPSA) is 56.7 Å². The van der Waals surface area contributed by atoms with Crippen molar-refractivity contribution in [3.05, 3.63) is 41.6 Å². The Labute approximate surface area is 101 Å². The molecule has 0 unspecified atom stereocenters. The number of aryl methyl sites for hydroxylation is 1. The van der Waals surface area contributed by atoms with Gasteiger partial charge in [0, 0.05) is 18.4 Å². The van der Waals surface area contributed by atoms with E-state index in [1.54, 1.807) is 6.20 Å². The predicted molar refractivity (Wildman–Crippen MR) is 66.6 cm³/mol. The van der Waals surface area contributed by atoms with Crippen LogP contribution in [0.2, 0.25) is 0 Å². The minimum atomic E-state index is 0.580. The molecule has 0 aliphatic heterocycles. The van der Waals surface area contributed by atoms with Crippen molar-refractivity contribution in [1.29, 1.82) is 0 Å². The van der Waals surface area contributed by atoms with Gasteiger partial charge in [0.2, 0.25) is 0 Å². The molecular formula is C13H16N4. The second kappa shape index (κ2) is 4.20. The fourth-order valence-electron chi connectivity index (χ4n) is 2.46. The average Bonchev–Trinajstić information content (AvgIpc) is 2.73. The van der Waals surface area contributed by atoms with Gasteiger partial charge in [-0.2, -0.15) is 0 Å². The van der Waals surface area contributed by atoms with Crippen LogP contribution >= 0.6 is 0 Å². The molecular weight excluding hydrogens is 212 g/mol. The first-order chi connectivity index (χ1) is 8.33. The van der Waals surface area contributed by atoms with Gasteiger partial charge in [0.1, 0.15) is 5.82 Å². The molecule has 1 aliphatic rings. The molecule has 4 heteroatoms. The van der Waals surface area contributed by atoms with Crippen molar-refractivity contribution in [2.45, 2.75) is 32.2 Å². The van der Waals surface area contributed by atoms with Gasteiger partial charge in [0.15, 0.2) is 0 Å². The highest BCUT2D eigenvalue weighted by Gasteiger charge is 2.14. The van der Waals surface area contributed by atoms with Gasteiger partial charge in [0.25, 0.3) is 0 Å². The van der Waals surface area contributed by atoms with Gasteiger partial charge in [-0.3, -0.25) is 0 Å². The first-order valence-electron chi connectivity index (χ1n) is 6.06. The SMILES string of the molecule is Nc1cc(Cn2cnc3c2CCCC3)ccn1. The molecule has 0 saturated heterocycles. The van der Waals surface area contributed by atoms with Gasteiger partial charge in [-0.25, -0.2) is 9.97 Å². The number of nitrogen functional groups attached to an aromatic ring is 1. The van der Waals surface area contributed by atoms with Crippen molar-refractivity contribution in [3.63, 3.8) is 0 Å². The summed E-state index contributed by atoms with van der Waals surface area (Å²) in [5.74, 6) is 0.580. The molecule has 1 aliphatic carbocycles. The monoisotopic (exact) mass is 228 g/mol. The van der Waals surface area contributed by atoms with E-state index >= 15 is 0 Å². The Kier molecular flexibility index (Phi) is 2.55. The average molecular weight is 228 g/mol. The number of hydrogen-bond donors (Lipinski definition) is 1. The first kappa shape index (κ1) is 10.3. The highest BCUT2D eigenvalue weighted by atomic mass is 15.1. The quantitative estimate of drug-likeness (QED) is 0.852. The lowest BCUT2D eigenvalue weighted by atomic mass is 10.0. The summed E-state index contributed by atoms with van der Waals surface area (Å²) in [4.78, 5) is 8.50. The molecule has 0 radical (unpaired) electrons. The van der Waals surface area contributed by atoms with E-state index in [2.05, 4.69) is 14.5 Å². The number of imidazole rings is 1. The lowest BCUT2D eigenvalue weighted by molar-refractivity contribution is 0.628. The van der Waals surface area contributed by atoms with Gasteiger partial charge < -0.3 is 10.3 Å². The van der Waals surface area contributed by atoms with Crippen LogP contribution in [0.1, 0.15) is 29.8 Å². The van der Waals surface area contributed by atoms with Crippen LogP contribution in [0, 0.1) is 0 Å².